The van der Waals surface area contributed by atoms with Gasteiger partial charge < -0.3 is 10.1 Å². The fraction of sp³-hybridized carbons (Fsp3) is 0.333. The molecular formula is C18H21NO. The highest BCUT2D eigenvalue weighted by atomic mass is 16.5. The Bertz CT molecular complexity index is 637. The quantitative estimate of drug-likeness (QED) is 0.823. The van der Waals surface area contributed by atoms with Crippen LogP contribution in [0.1, 0.15) is 33.9 Å². The summed E-state index contributed by atoms with van der Waals surface area (Å²) in [6.45, 7) is 9.40. The Hall–Kier alpha value is -1.96. The molecule has 0 fully saturated rings. The fourth-order valence-electron chi connectivity index (χ4n) is 3.13. The minimum atomic E-state index is 0.0879. The summed E-state index contributed by atoms with van der Waals surface area (Å²) in [6.07, 6.45) is 0.0879. The molecule has 20 heavy (non-hydrogen) atoms. The number of fused-ring (bicyclic) bond motifs is 1. The van der Waals surface area contributed by atoms with Crippen LogP contribution in [0.3, 0.4) is 0 Å². The first-order chi connectivity index (χ1) is 9.54. The molecule has 0 saturated heterocycles. The van der Waals surface area contributed by atoms with E-state index in [0.29, 0.717) is 0 Å². The zero-order chi connectivity index (χ0) is 14.3. The Morgan fingerprint density at radius 2 is 1.65 bits per heavy atom. The Morgan fingerprint density at radius 1 is 0.950 bits per heavy atom. The Kier molecular flexibility index (Phi) is 3.17. The number of anilines is 1. The molecule has 3 rings (SSSR count). The zero-order valence-electron chi connectivity index (χ0n) is 12.6. The summed E-state index contributed by atoms with van der Waals surface area (Å²) in [4.78, 5) is 0. The molecule has 0 bridgehead atoms. The van der Waals surface area contributed by atoms with E-state index in [1.54, 1.807) is 0 Å². The molecule has 0 saturated carbocycles. The van der Waals surface area contributed by atoms with Gasteiger partial charge in [-0.25, -0.2) is 0 Å². The van der Waals surface area contributed by atoms with E-state index in [1.807, 2.05) is 0 Å². The van der Waals surface area contributed by atoms with Crippen molar-refractivity contribution in [3.8, 4) is 5.75 Å². The zero-order valence-corrected chi connectivity index (χ0v) is 12.6. The van der Waals surface area contributed by atoms with Gasteiger partial charge in [-0.05, 0) is 62.1 Å². The van der Waals surface area contributed by atoms with Crippen LogP contribution in [0.25, 0.3) is 0 Å². The van der Waals surface area contributed by atoms with Gasteiger partial charge in [0.25, 0.3) is 0 Å². The highest BCUT2D eigenvalue weighted by molar-refractivity contribution is 5.60. The smallest absolute Gasteiger partial charge is 0.143 e. The lowest BCUT2D eigenvalue weighted by atomic mass is 9.94. The second-order valence-corrected chi connectivity index (χ2v) is 5.80. The highest BCUT2D eigenvalue weighted by Crippen LogP contribution is 2.36. The molecule has 1 unspecified atom stereocenters. The average Bonchev–Trinajstić information content (AvgIpc) is 2.37. The summed E-state index contributed by atoms with van der Waals surface area (Å²) in [5.74, 6) is 0.959. The van der Waals surface area contributed by atoms with Gasteiger partial charge in [0, 0.05) is 0 Å². The van der Waals surface area contributed by atoms with E-state index in [4.69, 9.17) is 4.74 Å². The summed E-state index contributed by atoms with van der Waals surface area (Å²) >= 11 is 0. The molecule has 0 spiro atoms. The Balaban J connectivity index is 1.98. The summed E-state index contributed by atoms with van der Waals surface area (Å²) < 4.78 is 6.24. The lowest BCUT2D eigenvalue weighted by Gasteiger charge is -2.30. The third-order valence-corrected chi connectivity index (χ3v) is 3.94. The molecule has 1 heterocycles. The van der Waals surface area contributed by atoms with Gasteiger partial charge in [-0.2, -0.15) is 0 Å². The van der Waals surface area contributed by atoms with E-state index in [1.165, 1.54) is 27.8 Å². The number of benzene rings is 2. The molecule has 0 radical (unpaired) electrons. The number of hydrogen-bond donors (Lipinski definition) is 1. The van der Waals surface area contributed by atoms with Crippen molar-refractivity contribution in [1.82, 2.24) is 0 Å². The van der Waals surface area contributed by atoms with Gasteiger partial charge >= 0.3 is 0 Å². The van der Waals surface area contributed by atoms with Gasteiger partial charge in [0.15, 0.2) is 0 Å². The first-order valence-corrected chi connectivity index (χ1v) is 7.13. The molecule has 104 valence electrons. The van der Waals surface area contributed by atoms with Crippen molar-refractivity contribution in [2.45, 2.75) is 33.8 Å². The van der Waals surface area contributed by atoms with E-state index in [0.717, 1.165) is 18.0 Å². The maximum absolute atomic E-state index is 6.24. The van der Waals surface area contributed by atoms with Crippen molar-refractivity contribution in [3.63, 3.8) is 0 Å². The minimum Gasteiger partial charge on any atom is -0.482 e. The van der Waals surface area contributed by atoms with Crippen molar-refractivity contribution >= 4 is 5.69 Å². The van der Waals surface area contributed by atoms with Crippen molar-refractivity contribution in [2.75, 3.05) is 11.9 Å². The van der Waals surface area contributed by atoms with Crippen LogP contribution in [-0.4, -0.2) is 6.54 Å². The topological polar surface area (TPSA) is 21.3 Å². The van der Waals surface area contributed by atoms with E-state index in [2.05, 4.69) is 63.3 Å². The van der Waals surface area contributed by atoms with Crippen LogP contribution in [0.5, 0.6) is 5.75 Å². The fourth-order valence-corrected chi connectivity index (χ4v) is 3.13. The SMILES string of the molecule is Cc1cc(C)c(C2CNc3ccc(C)cc3O2)c(C)c1. The van der Waals surface area contributed by atoms with Crippen molar-refractivity contribution in [1.29, 1.82) is 0 Å². The van der Waals surface area contributed by atoms with Gasteiger partial charge in [0.2, 0.25) is 0 Å². The van der Waals surface area contributed by atoms with Crippen molar-refractivity contribution < 1.29 is 4.74 Å². The Morgan fingerprint density at radius 3 is 2.35 bits per heavy atom. The molecule has 2 heteroatoms. The van der Waals surface area contributed by atoms with Crippen LogP contribution in [0.4, 0.5) is 5.69 Å². The van der Waals surface area contributed by atoms with Gasteiger partial charge in [-0.15, -0.1) is 0 Å². The molecule has 1 N–H and O–H groups in total. The molecule has 0 aromatic heterocycles. The molecule has 2 aromatic carbocycles. The standard InChI is InChI=1S/C18H21NO/c1-11-5-6-15-16(9-11)20-17(10-19-15)18-13(3)7-12(2)8-14(18)4/h5-9,17,19H,10H2,1-4H3. The third-order valence-electron chi connectivity index (χ3n) is 3.94. The normalized spacial score (nSPS) is 17.1. The van der Waals surface area contributed by atoms with Crippen molar-refractivity contribution in [3.05, 3.63) is 58.1 Å². The van der Waals surface area contributed by atoms with Crippen LogP contribution in [0, 0.1) is 27.7 Å². The van der Waals surface area contributed by atoms with E-state index < -0.39 is 0 Å². The first kappa shape index (κ1) is 13.0. The van der Waals surface area contributed by atoms with Crippen LogP contribution in [0.2, 0.25) is 0 Å². The number of nitrogens with one attached hydrogen (secondary N) is 1. The average molecular weight is 267 g/mol. The van der Waals surface area contributed by atoms with E-state index >= 15 is 0 Å². The van der Waals surface area contributed by atoms with E-state index in [-0.39, 0.29) is 6.10 Å². The van der Waals surface area contributed by atoms with Gasteiger partial charge in [0.05, 0.1) is 12.2 Å². The van der Waals surface area contributed by atoms with Gasteiger partial charge in [0.1, 0.15) is 11.9 Å². The lowest BCUT2D eigenvalue weighted by Crippen LogP contribution is -2.25. The number of rotatable bonds is 1. The molecule has 0 amide bonds. The number of hydrogen-bond acceptors (Lipinski definition) is 2. The van der Waals surface area contributed by atoms with E-state index in [9.17, 15) is 0 Å². The number of ether oxygens (including phenoxy) is 1. The van der Waals surface area contributed by atoms with Gasteiger partial charge in [-0.1, -0.05) is 23.8 Å². The molecule has 1 atom stereocenters. The second kappa shape index (κ2) is 4.86. The summed E-state index contributed by atoms with van der Waals surface area (Å²) in [7, 11) is 0. The molecule has 1 aliphatic heterocycles. The third kappa shape index (κ3) is 2.26. The summed E-state index contributed by atoms with van der Waals surface area (Å²) in [6, 6.07) is 10.8. The summed E-state index contributed by atoms with van der Waals surface area (Å²) in [5.41, 5.74) is 7.56. The van der Waals surface area contributed by atoms with Crippen LogP contribution in [-0.2, 0) is 0 Å². The molecule has 0 aliphatic carbocycles. The van der Waals surface area contributed by atoms with Crippen LogP contribution >= 0.6 is 0 Å². The molecule has 1 aliphatic rings. The number of aryl methyl sites for hydroxylation is 4. The van der Waals surface area contributed by atoms with Crippen LogP contribution in [0.15, 0.2) is 30.3 Å². The molecule has 2 nitrogen and oxygen atoms in total. The maximum Gasteiger partial charge on any atom is 0.143 e. The largest absolute Gasteiger partial charge is 0.482 e. The maximum atomic E-state index is 6.24. The second-order valence-electron chi connectivity index (χ2n) is 5.80. The minimum absolute atomic E-state index is 0.0879. The molecular weight excluding hydrogens is 246 g/mol. The monoisotopic (exact) mass is 267 g/mol. The first-order valence-electron chi connectivity index (χ1n) is 7.13. The lowest BCUT2D eigenvalue weighted by molar-refractivity contribution is 0.209. The summed E-state index contributed by atoms with van der Waals surface area (Å²) in [5, 5.41) is 3.48. The molecule has 2 aromatic rings. The van der Waals surface area contributed by atoms with Gasteiger partial charge in [-0.3, -0.25) is 0 Å². The van der Waals surface area contributed by atoms with Crippen molar-refractivity contribution in [2.24, 2.45) is 0 Å². The highest BCUT2D eigenvalue weighted by Gasteiger charge is 2.23. The Labute approximate surface area is 120 Å². The predicted molar refractivity (Wildman–Crippen MR) is 83.7 cm³/mol. The predicted octanol–water partition coefficient (Wildman–Crippen LogP) is 4.47. The van der Waals surface area contributed by atoms with Crippen LogP contribution < -0.4 is 10.1 Å².